The van der Waals surface area contributed by atoms with E-state index in [1.54, 1.807) is 11.1 Å². The van der Waals surface area contributed by atoms with Gasteiger partial charge < -0.3 is 0 Å². The lowest BCUT2D eigenvalue weighted by atomic mass is 9.63. The van der Waals surface area contributed by atoms with Crippen molar-refractivity contribution in [3.05, 3.63) is 32.4 Å². The van der Waals surface area contributed by atoms with Gasteiger partial charge in [0.05, 0.1) is 0 Å². The minimum atomic E-state index is 0.344. The summed E-state index contributed by atoms with van der Waals surface area (Å²) in [6.07, 6.45) is 3.74. The summed E-state index contributed by atoms with van der Waals surface area (Å²) >= 11 is 2.49. The third-order valence-corrected chi connectivity index (χ3v) is 5.40. The molecule has 0 amide bonds. The van der Waals surface area contributed by atoms with Crippen molar-refractivity contribution in [2.45, 2.75) is 64.7 Å². The number of aryl methyl sites for hydroxylation is 1. The summed E-state index contributed by atoms with van der Waals surface area (Å²) in [7, 11) is 0. The third-order valence-electron chi connectivity index (χ3n) is 4.40. The molecule has 0 atom stereocenters. The predicted octanol–water partition coefficient (Wildman–Crippen LogP) is 5.20. The van der Waals surface area contributed by atoms with Gasteiger partial charge in [-0.2, -0.15) is 0 Å². The zero-order chi connectivity index (χ0) is 12.8. The van der Waals surface area contributed by atoms with Crippen LogP contribution in [0.5, 0.6) is 0 Å². The Morgan fingerprint density at radius 1 is 1.00 bits per heavy atom. The maximum absolute atomic E-state index is 2.49. The van der Waals surface area contributed by atoms with E-state index < -0.39 is 0 Å². The first-order valence-corrected chi connectivity index (χ1v) is 7.69. The maximum atomic E-state index is 2.49. The van der Waals surface area contributed by atoms with Crippen molar-refractivity contribution in [1.29, 1.82) is 0 Å². The summed E-state index contributed by atoms with van der Waals surface area (Å²) in [5.41, 5.74) is 5.37. The molecular weight excluding hydrogens is 319 g/mol. The fourth-order valence-electron chi connectivity index (χ4n) is 2.90. The highest BCUT2D eigenvalue weighted by atomic mass is 127. The predicted molar refractivity (Wildman–Crippen MR) is 83.8 cm³/mol. The fourth-order valence-corrected chi connectivity index (χ4v) is 3.75. The molecule has 17 heavy (non-hydrogen) atoms. The average molecular weight is 342 g/mol. The molecule has 0 nitrogen and oxygen atoms in total. The van der Waals surface area contributed by atoms with Crippen LogP contribution < -0.4 is 0 Å². The van der Waals surface area contributed by atoms with Gasteiger partial charge in [-0.25, -0.2) is 0 Å². The molecule has 0 saturated heterocycles. The number of hydrogen-bond donors (Lipinski definition) is 0. The molecule has 0 saturated carbocycles. The van der Waals surface area contributed by atoms with E-state index in [2.05, 4.69) is 69.3 Å². The van der Waals surface area contributed by atoms with Crippen LogP contribution in [-0.2, 0) is 17.3 Å². The SMILES string of the molecule is CCc1cc2c(cc1I)C(C)(C)CCC2(C)C. The third kappa shape index (κ3) is 2.27. The van der Waals surface area contributed by atoms with Gasteiger partial charge in [0.1, 0.15) is 0 Å². The number of benzene rings is 1. The Balaban J connectivity index is 2.68. The Morgan fingerprint density at radius 2 is 1.47 bits per heavy atom. The summed E-state index contributed by atoms with van der Waals surface area (Å²) < 4.78 is 1.44. The van der Waals surface area contributed by atoms with E-state index in [4.69, 9.17) is 0 Å². The normalized spacial score (nSPS) is 21.1. The number of rotatable bonds is 1. The van der Waals surface area contributed by atoms with Crippen LogP contribution in [0.3, 0.4) is 0 Å². The van der Waals surface area contributed by atoms with Crippen LogP contribution >= 0.6 is 22.6 Å². The first-order chi connectivity index (χ1) is 7.78. The van der Waals surface area contributed by atoms with Crippen molar-refractivity contribution in [1.82, 2.24) is 0 Å². The van der Waals surface area contributed by atoms with Crippen molar-refractivity contribution in [2.24, 2.45) is 0 Å². The lowest BCUT2D eigenvalue weighted by Gasteiger charge is -2.42. The fraction of sp³-hybridized carbons (Fsp3) is 0.625. The van der Waals surface area contributed by atoms with Gasteiger partial charge in [0.15, 0.2) is 0 Å². The first kappa shape index (κ1) is 13.4. The molecule has 0 radical (unpaired) electrons. The molecule has 2 rings (SSSR count). The maximum Gasteiger partial charge on any atom is 0.0165 e. The highest BCUT2D eigenvalue weighted by Gasteiger charge is 2.37. The summed E-state index contributed by atoms with van der Waals surface area (Å²) in [4.78, 5) is 0. The molecule has 0 aromatic heterocycles. The Kier molecular flexibility index (Phi) is 3.35. The highest BCUT2D eigenvalue weighted by Crippen LogP contribution is 2.46. The quantitative estimate of drug-likeness (QED) is 0.615. The van der Waals surface area contributed by atoms with Crippen molar-refractivity contribution < 1.29 is 0 Å². The van der Waals surface area contributed by atoms with Crippen LogP contribution in [0.4, 0.5) is 0 Å². The molecule has 0 spiro atoms. The second-order valence-corrected chi connectivity index (χ2v) is 7.77. The molecule has 0 N–H and O–H groups in total. The van der Waals surface area contributed by atoms with Crippen molar-refractivity contribution in [2.75, 3.05) is 0 Å². The Labute approximate surface area is 119 Å². The molecule has 1 aliphatic carbocycles. The molecule has 0 unspecified atom stereocenters. The van der Waals surface area contributed by atoms with Gasteiger partial charge in [-0.15, -0.1) is 0 Å². The second-order valence-electron chi connectivity index (χ2n) is 6.61. The lowest BCUT2D eigenvalue weighted by Crippen LogP contribution is -2.34. The summed E-state index contributed by atoms with van der Waals surface area (Å²) in [6.45, 7) is 11.8. The van der Waals surface area contributed by atoms with E-state index in [0.717, 1.165) is 6.42 Å². The number of fused-ring (bicyclic) bond motifs is 1. The van der Waals surface area contributed by atoms with E-state index in [9.17, 15) is 0 Å². The Morgan fingerprint density at radius 3 is 1.94 bits per heavy atom. The molecule has 94 valence electrons. The van der Waals surface area contributed by atoms with Gasteiger partial charge in [0.25, 0.3) is 0 Å². The monoisotopic (exact) mass is 342 g/mol. The molecule has 0 heterocycles. The molecule has 0 bridgehead atoms. The van der Waals surface area contributed by atoms with Crippen LogP contribution in [0.25, 0.3) is 0 Å². The zero-order valence-electron chi connectivity index (χ0n) is 11.7. The summed E-state index contributed by atoms with van der Waals surface area (Å²) in [6, 6.07) is 4.91. The zero-order valence-corrected chi connectivity index (χ0v) is 13.8. The van der Waals surface area contributed by atoms with E-state index in [1.165, 1.54) is 22.0 Å². The minimum absolute atomic E-state index is 0.344. The van der Waals surface area contributed by atoms with Crippen LogP contribution in [0.15, 0.2) is 12.1 Å². The molecule has 1 aromatic carbocycles. The van der Waals surface area contributed by atoms with Crippen LogP contribution in [0, 0.1) is 3.57 Å². The van der Waals surface area contributed by atoms with Crippen LogP contribution in [0.2, 0.25) is 0 Å². The van der Waals surface area contributed by atoms with E-state index >= 15 is 0 Å². The van der Waals surface area contributed by atoms with E-state index in [1.807, 2.05) is 0 Å². The summed E-state index contributed by atoms with van der Waals surface area (Å²) in [5, 5.41) is 0. The average Bonchev–Trinajstić information content (AvgIpc) is 2.24. The van der Waals surface area contributed by atoms with Gasteiger partial charge in [-0.05, 0) is 75.4 Å². The molecular formula is C16H23I. The standard InChI is InChI=1S/C16H23I/c1-6-11-9-12-13(10-14(11)17)16(4,5)8-7-15(12,2)3/h9-10H,6-8H2,1-5H3. The van der Waals surface area contributed by atoms with E-state index in [0.29, 0.717) is 10.8 Å². The van der Waals surface area contributed by atoms with E-state index in [-0.39, 0.29) is 0 Å². The van der Waals surface area contributed by atoms with Crippen molar-refractivity contribution in [3.63, 3.8) is 0 Å². The number of halogens is 1. The minimum Gasteiger partial charge on any atom is -0.0613 e. The molecule has 0 aliphatic heterocycles. The van der Waals surface area contributed by atoms with Crippen LogP contribution in [-0.4, -0.2) is 0 Å². The molecule has 1 aromatic rings. The molecule has 1 aliphatic rings. The Bertz CT molecular complexity index is 441. The lowest BCUT2D eigenvalue weighted by molar-refractivity contribution is 0.331. The second kappa shape index (κ2) is 4.25. The first-order valence-electron chi connectivity index (χ1n) is 6.61. The van der Waals surface area contributed by atoms with Gasteiger partial charge in [0.2, 0.25) is 0 Å². The Hall–Kier alpha value is -0.0500. The summed E-state index contributed by atoms with van der Waals surface area (Å²) in [5.74, 6) is 0. The van der Waals surface area contributed by atoms with Gasteiger partial charge in [-0.3, -0.25) is 0 Å². The van der Waals surface area contributed by atoms with Gasteiger partial charge in [-0.1, -0.05) is 40.7 Å². The topological polar surface area (TPSA) is 0 Å². The van der Waals surface area contributed by atoms with Crippen LogP contribution in [0.1, 0.15) is 64.2 Å². The van der Waals surface area contributed by atoms with Gasteiger partial charge in [0, 0.05) is 3.57 Å². The number of hydrogen-bond acceptors (Lipinski definition) is 0. The molecule has 1 heteroatoms. The van der Waals surface area contributed by atoms with Crippen molar-refractivity contribution >= 4 is 22.6 Å². The highest BCUT2D eigenvalue weighted by molar-refractivity contribution is 14.1. The van der Waals surface area contributed by atoms with Crippen molar-refractivity contribution in [3.8, 4) is 0 Å². The largest absolute Gasteiger partial charge is 0.0613 e. The molecule has 0 fully saturated rings. The smallest absolute Gasteiger partial charge is 0.0165 e. The van der Waals surface area contributed by atoms with Gasteiger partial charge >= 0.3 is 0 Å².